The van der Waals surface area contributed by atoms with Crippen LogP contribution in [0.25, 0.3) is 32.3 Å². The molecule has 10 rings (SSSR count). The molecule has 0 N–H and O–H groups in total. The molecule has 6 aromatic carbocycles. The highest BCUT2D eigenvalue weighted by molar-refractivity contribution is 6.26. The summed E-state index contributed by atoms with van der Waals surface area (Å²) in [5.74, 6) is 0. The fraction of sp³-hybridized carbons (Fsp3) is 0.174. The average Bonchev–Trinajstić information content (AvgIpc) is 3.42. The summed E-state index contributed by atoms with van der Waals surface area (Å²) in [6.07, 6.45) is 18.3. The molecule has 0 aromatic heterocycles. The lowest BCUT2D eigenvalue weighted by Crippen LogP contribution is -2.20. The molecule has 4 aliphatic rings. The first-order valence-corrected chi connectivity index (χ1v) is 17.7. The SMILES string of the molecule is C1=CC2=C(CC1)CCc1ccccc1N2c1cc2cc(N3C4=C(C=CCC4)CCc4ccccc43)c3ccccc3c2c2ccccc12. The maximum atomic E-state index is 2.63. The predicted octanol–water partition coefficient (Wildman–Crippen LogP) is 12.5. The first kappa shape index (κ1) is 27.7. The van der Waals surface area contributed by atoms with Crippen LogP contribution < -0.4 is 9.80 Å². The average molecular weight is 619 g/mol. The Labute approximate surface area is 282 Å². The van der Waals surface area contributed by atoms with Crippen molar-refractivity contribution < 1.29 is 0 Å². The van der Waals surface area contributed by atoms with E-state index in [-0.39, 0.29) is 0 Å². The Balaban J connectivity index is 1.32. The lowest BCUT2D eigenvalue weighted by molar-refractivity contribution is 0.833. The maximum absolute atomic E-state index is 2.63. The summed E-state index contributed by atoms with van der Waals surface area (Å²) in [4.78, 5) is 5.22. The third-order valence-corrected chi connectivity index (χ3v) is 11.1. The lowest BCUT2D eigenvalue weighted by atomic mass is 9.92. The maximum Gasteiger partial charge on any atom is 0.0546 e. The second-order valence-corrected chi connectivity index (χ2v) is 13.8. The van der Waals surface area contributed by atoms with E-state index in [0.717, 1.165) is 51.4 Å². The Morgan fingerprint density at radius 3 is 1.73 bits per heavy atom. The molecule has 2 aliphatic heterocycles. The van der Waals surface area contributed by atoms with E-state index in [1.54, 1.807) is 5.57 Å². The number of aryl methyl sites for hydroxylation is 2. The molecule has 2 nitrogen and oxygen atoms in total. The molecule has 2 aliphatic carbocycles. The number of allylic oxidation sites excluding steroid dienone is 7. The van der Waals surface area contributed by atoms with E-state index in [4.69, 9.17) is 0 Å². The highest BCUT2D eigenvalue weighted by atomic mass is 15.2. The minimum atomic E-state index is 1.06. The topological polar surface area (TPSA) is 6.48 Å². The Morgan fingerprint density at radius 1 is 0.438 bits per heavy atom. The molecule has 0 saturated carbocycles. The van der Waals surface area contributed by atoms with Crippen molar-refractivity contribution >= 4 is 55.1 Å². The van der Waals surface area contributed by atoms with Crippen LogP contribution >= 0.6 is 0 Å². The Morgan fingerprint density at radius 2 is 1.00 bits per heavy atom. The number of hydrogen-bond acceptors (Lipinski definition) is 2. The van der Waals surface area contributed by atoms with E-state index in [1.807, 2.05) is 0 Å². The Bertz CT molecular complexity index is 2420. The van der Waals surface area contributed by atoms with Gasteiger partial charge in [-0.1, -0.05) is 103 Å². The van der Waals surface area contributed by atoms with E-state index in [1.165, 1.54) is 83.2 Å². The molecule has 0 amide bonds. The zero-order valence-electron chi connectivity index (χ0n) is 27.3. The third-order valence-electron chi connectivity index (χ3n) is 11.1. The molecule has 2 heterocycles. The number of fused-ring (bicyclic) bond motifs is 7. The lowest BCUT2D eigenvalue weighted by Gasteiger charge is -2.33. The minimum absolute atomic E-state index is 1.06. The molecule has 0 unspecified atom stereocenters. The third kappa shape index (κ3) is 4.25. The summed E-state index contributed by atoms with van der Waals surface area (Å²) < 4.78 is 0. The van der Waals surface area contributed by atoms with E-state index in [2.05, 4.69) is 143 Å². The molecule has 0 saturated heterocycles. The largest absolute Gasteiger partial charge is 0.313 e. The minimum Gasteiger partial charge on any atom is -0.313 e. The molecule has 2 heteroatoms. The highest BCUT2D eigenvalue weighted by Gasteiger charge is 2.29. The molecule has 0 bridgehead atoms. The number of anilines is 4. The number of benzene rings is 6. The summed E-state index contributed by atoms with van der Waals surface area (Å²) in [7, 11) is 0. The first-order chi connectivity index (χ1) is 23.8. The monoisotopic (exact) mass is 618 g/mol. The molecular formula is C46H38N2. The van der Waals surface area contributed by atoms with Crippen molar-refractivity contribution in [2.45, 2.75) is 51.4 Å². The van der Waals surface area contributed by atoms with Crippen LogP contribution in [0.2, 0.25) is 0 Å². The number of nitrogens with zero attached hydrogens (tertiary/aromatic N) is 2. The van der Waals surface area contributed by atoms with Crippen molar-refractivity contribution in [1.29, 1.82) is 0 Å². The van der Waals surface area contributed by atoms with Gasteiger partial charge in [-0.25, -0.2) is 0 Å². The van der Waals surface area contributed by atoms with Gasteiger partial charge in [-0.15, -0.1) is 0 Å². The molecule has 0 fully saturated rings. The zero-order valence-corrected chi connectivity index (χ0v) is 27.3. The molecule has 0 spiro atoms. The normalized spacial score (nSPS) is 17.3. The van der Waals surface area contributed by atoms with E-state index < -0.39 is 0 Å². The van der Waals surface area contributed by atoms with Crippen LogP contribution in [0, 0.1) is 0 Å². The zero-order chi connectivity index (χ0) is 31.6. The Kier molecular flexibility index (Phi) is 6.43. The van der Waals surface area contributed by atoms with Crippen molar-refractivity contribution in [3.8, 4) is 0 Å². The quantitative estimate of drug-likeness (QED) is 0.178. The van der Waals surface area contributed by atoms with Gasteiger partial charge in [0.2, 0.25) is 0 Å². The summed E-state index contributed by atoms with van der Waals surface area (Å²) in [6.45, 7) is 0. The highest BCUT2D eigenvalue weighted by Crippen LogP contribution is 2.50. The van der Waals surface area contributed by atoms with Crippen molar-refractivity contribution in [1.82, 2.24) is 0 Å². The first-order valence-electron chi connectivity index (χ1n) is 17.7. The number of hydrogen-bond donors (Lipinski definition) is 0. The summed E-state index contributed by atoms with van der Waals surface area (Å²) >= 11 is 0. The van der Waals surface area contributed by atoms with Gasteiger partial charge in [0.1, 0.15) is 0 Å². The molecular weight excluding hydrogens is 581 g/mol. The molecule has 48 heavy (non-hydrogen) atoms. The second kappa shape index (κ2) is 11.1. The van der Waals surface area contributed by atoms with Crippen LogP contribution in [0.3, 0.4) is 0 Å². The van der Waals surface area contributed by atoms with Crippen molar-refractivity contribution in [2.75, 3.05) is 9.80 Å². The van der Waals surface area contributed by atoms with Crippen LogP contribution in [-0.2, 0) is 12.8 Å². The predicted molar refractivity (Wildman–Crippen MR) is 204 cm³/mol. The summed E-state index contributed by atoms with van der Waals surface area (Å²) in [6, 6.07) is 41.4. The van der Waals surface area contributed by atoms with Crippen molar-refractivity contribution in [3.63, 3.8) is 0 Å². The summed E-state index contributed by atoms with van der Waals surface area (Å²) in [5.41, 5.74) is 13.9. The van der Waals surface area contributed by atoms with E-state index >= 15 is 0 Å². The number of rotatable bonds is 2. The van der Waals surface area contributed by atoms with Gasteiger partial charge < -0.3 is 9.80 Å². The molecule has 0 atom stereocenters. The van der Waals surface area contributed by atoms with Crippen LogP contribution in [0.15, 0.2) is 156 Å². The van der Waals surface area contributed by atoms with Gasteiger partial charge in [0.15, 0.2) is 0 Å². The van der Waals surface area contributed by atoms with Crippen LogP contribution in [-0.4, -0.2) is 0 Å². The van der Waals surface area contributed by atoms with Gasteiger partial charge in [0.25, 0.3) is 0 Å². The van der Waals surface area contributed by atoms with Crippen LogP contribution in [0.5, 0.6) is 0 Å². The van der Waals surface area contributed by atoms with Crippen LogP contribution in [0.1, 0.15) is 49.7 Å². The fourth-order valence-corrected chi connectivity index (χ4v) is 8.93. The smallest absolute Gasteiger partial charge is 0.0546 e. The molecule has 232 valence electrons. The van der Waals surface area contributed by atoms with Gasteiger partial charge in [-0.3, -0.25) is 0 Å². The van der Waals surface area contributed by atoms with E-state index in [0.29, 0.717) is 0 Å². The van der Waals surface area contributed by atoms with Gasteiger partial charge in [-0.05, 0) is 126 Å². The van der Waals surface area contributed by atoms with Gasteiger partial charge in [0.05, 0.1) is 11.4 Å². The second-order valence-electron chi connectivity index (χ2n) is 13.8. The molecule has 0 radical (unpaired) electrons. The van der Waals surface area contributed by atoms with Crippen molar-refractivity contribution in [2.24, 2.45) is 0 Å². The van der Waals surface area contributed by atoms with Gasteiger partial charge in [0, 0.05) is 33.5 Å². The van der Waals surface area contributed by atoms with Gasteiger partial charge >= 0.3 is 0 Å². The summed E-state index contributed by atoms with van der Waals surface area (Å²) in [5, 5.41) is 7.86. The van der Waals surface area contributed by atoms with Crippen LogP contribution in [0.4, 0.5) is 22.7 Å². The van der Waals surface area contributed by atoms with Crippen molar-refractivity contribution in [3.05, 3.63) is 167 Å². The standard InChI is InChI=1S/C46H38N2/c1-9-21-40-31(13-1)25-26-32-14-2-10-22-41(32)47(40)44-29-35-30-45(37-18-6-8-20-39(37)46(35)38-19-7-5-17-36(38)44)48-42-23-11-3-15-33(42)27-28-34-16-4-12-24-43(34)48/h1-3,5-9,11-15,17-21,23-24,29-30H,4,10,16,22,25-28H2. The fourth-order valence-electron chi connectivity index (χ4n) is 8.93. The molecule has 6 aromatic rings. The Hall–Kier alpha value is -5.34. The number of para-hydroxylation sites is 2. The van der Waals surface area contributed by atoms with Gasteiger partial charge in [-0.2, -0.15) is 0 Å². The van der Waals surface area contributed by atoms with E-state index in [9.17, 15) is 0 Å².